The summed E-state index contributed by atoms with van der Waals surface area (Å²) in [6.45, 7) is 4.89. The second kappa shape index (κ2) is 4.70. The van der Waals surface area contributed by atoms with Crippen LogP contribution >= 0.6 is 0 Å². The van der Waals surface area contributed by atoms with Crippen molar-refractivity contribution in [1.82, 2.24) is 0 Å². The summed E-state index contributed by atoms with van der Waals surface area (Å²) in [7, 11) is 0. The van der Waals surface area contributed by atoms with Gasteiger partial charge in [-0.2, -0.15) is 0 Å². The molecule has 1 atom stereocenters. The van der Waals surface area contributed by atoms with Crippen LogP contribution in [0.3, 0.4) is 0 Å². The van der Waals surface area contributed by atoms with Gasteiger partial charge in [0.05, 0.1) is 11.7 Å². The van der Waals surface area contributed by atoms with Crippen LogP contribution in [0.5, 0.6) is 0 Å². The van der Waals surface area contributed by atoms with Crippen LogP contribution < -0.4 is 0 Å². The molecule has 0 saturated carbocycles. The van der Waals surface area contributed by atoms with Crippen LogP contribution in [-0.2, 0) is 4.74 Å². The van der Waals surface area contributed by atoms with Crippen LogP contribution in [0, 0.1) is 5.82 Å². The smallest absolute Gasteiger partial charge is 0.341 e. The molecule has 0 aliphatic carbocycles. The molecule has 1 aromatic carbocycles. The summed E-state index contributed by atoms with van der Waals surface area (Å²) in [4.78, 5) is 11.9. The van der Waals surface area contributed by atoms with E-state index in [-0.39, 0.29) is 23.2 Å². The molecule has 6 heteroatoms. The molecule has 2 rings (SSSR count). The van der Waals surface area contributed by atoms with E-state index in [0.29, 0.717) is 0 Å². The largest absolute Gasteiger partial charge is 0.456 e. The number of aliphatic hydroxyl groups excluding tert-OH is 1. The molecule has 0 amide bonds. The Kier molecular flexibility index (Phi) is 3.36. The van der Waals surface area contributed by atoms with Gasteiger partial charge >= 0.3 is 5.97 Å². The van der Waals surface area contributed by atoms with Crippen molar-refractivity contribution in [2.75, 3.05) is 0 Å². The van der Waals surface area contributed by atoms with E-state index in [2.05, 4.69) is 9.15 Å². The van der Waals surface area contributed by atoms with Gasteiger partial charge in [0.1, 0.15) is 5.60 Å². The maximum absolute atomic E-state index is 13.8. The number of ether oxygens (including phenoxy) is 1. The van der Waals surface area contributed by atoms with E-state index in [1.165, 1.54) is 12.1 Å². The molecule has 0 bridgehead atoms. The molecule has 0 spiro atoms. The number of hydrogen-bond donors (Lipinski definition) is 1. The molecule has 19 heavy (non-hydrogen) atoms. The zero-order valence-electron chi connectivity index (χ0n) is 10.9. The third kappa shape index (κ3) is 2.78. The topological polar surface area (TPSA) is 72.8 Å². The first-order chi connectivity index (χ1) is 8.80. The molecule has 0 saturated heterocycles. The summed E-state index contributed by atoms with van der Waals surface area (Å²) in [6.07, 6.45) is -0.369. The first-order valence-corrected chi connectivity index (χ1v) is 5.88. The van der Waals surface area contributed by atoms with Gasteiger partial charge in [-0.1, -0.05) is 0 Å². The lowest BCUT2D eigenvalue weighted by Gasteiger charge is -2.26. The highest BCUT2D eigenvalue weighted by Gasteiger charge is 2.28. The standard InChI is InChI=1S/C13H15FO5/c1-7(15)6-13(2,3)17-12(16)8-4-5-9-11(10(8)14)19-18-9/h4-5,7,15H,6H2,1-3H3. The van der Waals surface area contributed by atoms with Crippen molar-refractivity contribution in [3.63, 3.8) is 0 Å². The summed E-state index contributed by atoms with van der Waals surface area (Å²) in [5, 5.41) is 9.31. The highest BCUT2D eigenvalue weighted by Crippen LogP contribution is 2.26. The Bertz CT molecular complexity index is 593. The van der Waals surface area contributed by atoms with Gasteiger partial charge in [-0.05, 0) is 32.9 Å². The Morgan fingerprint density at radius 1 is 1.47 bits per heavy atom. The molecule has 0 radical (unpaired) electrons. The molecule has 1 N–H and O–H groups in total. The molecule has 5 nitrogen and oxygen atoms in total. The first kappa shape index (κ1) is 13.6. The van der Waals surface area contributed by atoms with Gasteiger partial charge in [0.15, 0.2) is 5.82 Å². The Labute approximate surface area is 108 Å². The van der Waals surface area contributed by atoms with Gasteiger partial charge in [0.2, 0.25) is 5.58 Å². The molecule has 2 aromatic rings. The lowest BCUT2D eigenvalue weighted by atomic mass is 10.0. The lowest BCUT2D eigenvalue weighted by molar-refractivity contribution is -0.0215. The molecule has 1 heterocycles. The van der Waals surface area contributed by atoms with E-state index in [4.69, 9.17) is 4.74 Å². The Morgan fingerprint density at radius 2 is 2.16 bits per heavy atom. The lowest BCUT2D eigenvalue weighted by Crippen LogP contribution is -2.32. The van der Waals surface area contributed by atoms with E-state index in [1.807, 2.05) is 0 Å². The minimum atomic E-state index is -0.891. The van der Waals surface area contributed by atoms with Crippen molar-refractivity contribution in [3.8, 4) is 0 Å². The second-order valence-electron chi connectivity index (χ2n) is 5.12. The van der Waals surface area contributed by atoms with Crippen LogP contribution in [0.25, 0.3) is 11.2 Å². The summed E-state index contributed by atoms with van der Waals surface area (Å²) in [5.74, 6) is -1.61. The normalized spacial score (nSPS) is 13.7. The van der Waals surface area contributed by atoms with E-state index in [9.17, 15) is 14.3 Å². The summed E-state index contributed by atoms with van der Waals surface area (Å²) >= 11 is 0. The first-order valence-electron chi connectivity index (χ1n) is 5.88. The predicted molar refractivity (Wildman–Crippen MR) is 64.2 cm³/mol. The number of aliphatic hydroxyl groups is 1. The molecule has 104 valence electrons. The van der Waals surface area contributed by atoms with Crippen LogP contribution in [0.15, 0.2) is 21.3 Å². The molecular weight excluding hydrogens is 255 g/mol. The number of rotatable bonds is 4. The minimum absolute atomic E-state index is 0.0946. The van der Waals surface area contributed by atoms with Gasteiger partial charge in [-0.25, -0.2) is 9.18 Å². The predicted octanol–water partition coefficient (Wildman–Crippen LogP) is 2.87. The van der Waals surface area contributed by atoms with Crippen molar-refractivity contribution in [1.29, 1.82) is 0 Å². The maximum Gasteiger partial charge on any atom is 0.341 e. The summed E-state index contributed by atoms with van der Waals surface area (Å²) in [5.41, 5.74) is -0.960. The van der Waals surface area contributed by atoms with Crippen LogP contribution in [0.2, 0.25) is 0 Å². The van der Waals surface area contributed by atoms with Gasteiger partial charge in [-0.15, -0.1) is 0 Å². The average Bonchev–Trinajstić information content (AvgIpc) is 2.17. The zero-order valence-corrected chi connectivity index (χ0v) is 10.9. The van der Waals surface area contributed by atoms with Gasteiger partial charge in [-0.3, -0.25) is 9.15 Å². The highest BCUT2D eigenvalue weighted by molar-refractivity contribution is 5.93. The Hall–Kier alpha value is -1.82. The van der Waals surface area contributed by atoms with Crippen molar-refractivity contribution in [2.45, 2.75) is 38.9 Å². The number of halogens is 1. The quantitative estimate of drug-likeness (QED) is 0.683. The van der Waals surface area contributed by atoms with Crippen molar-refractivity contribution in [3.05, 3.63) is 23.5 Å². The average molecular weight is 270 g/mol. The molecule has 1 aromatic heterocycles. The fraction of sp³-hybridized carbons (Fsp3) is 0.462. The number of fused-ring (bicyclic) bond motifs is 1. The minimum Gasteiger partial charge on any atom is -0.456 e. The van der Waals surface area contributed by atoms with Crippen LogP contribution in [0.1, 0.15) is 37.6 Å². The third-order valence-corrected chi connectivity index (χ3v) is 2.65. The SMILES string of the molecule is CC(O)CC(C)(C)OC(=O)c1ccc2ooc2c1F. The highest BCUT2D eigenvalue weighted by atomic mass is 19.1. The van der Waals surface area contributed by atoms with Gasteiger partial charge in [0.25, 0.3) is 5.58 Å². The van der Waals surface area contributed by atoms with E-state index < -0.39 is 23.5 Å². The third-order valence-electron chi connectivity index (χ3n) is 2.65. The van der Waals surface area contributed by atoms with Crippen molar-refractivity contribution >= 4 is 17.1 Å². The molecule has 0 fully saturated rings. The molecule has 1 unspecified atom stereocenters. The second-order valence-corrected chi connectivity index (χ2v) is 5.12. The zero-order chi connectivity index (χ0) is 14.2. The number of carbonyl (C=O) groups is 1. The van der Waals surface area contributed by atoms with E-state index in [0.717, 1.165) is 0 Å². The Balaban J connectivity index is 2.18. The Morgan fingerprint density at radius 3 is 2.68 bits per heavy atom. The van der Waals surface area contributed by atoms with Gasteiger partial charge < -0.3 is 9.84 Å². The molecular formula is C13H15FO5. The van der Waals surface area contributed by atoms with E-state index >= 15 is 0 Å². The van der Waals surface area contributed by atoms with Crippen molar-refractivity contribution < 1.29 is 28.2 Å². The summed E-state index contributed by atoms with van der Waals surface area (Å²) in [6, 6.07) is 2.71. The summed E-state index contributed by atoms with van der Waals surface area (Å²) < 4.78 is 28.0. The number of benzene rings is 1. The molecule has 0 aliphatic rings. The molecule has 0 aliphatic heterocycles. The van der Waals surface area contributed by atoms with E-state index in [1.54, 1.807) is 20.8 Å². The fourth-order valence-electron chi connectivity index (χ4n) is 1.95. The van der Waals surface area contributed by atoms with Crippen molar-refractivity contribution in [2.24, 2.45) is 0 Å². The number of carbonyl (C=O) groups excluding carboxylic acids is 1. The monoisotopic (exact) mass is 270 g/mol. The van der Waals surface area contributed by atoms with Gasteiger partial charge in [0, 0.05) is 6.42 Å². The van der Waals surface area contributed by atoms with Crippen LogP contribution in [0.4, 0.5) is 4.39 Å². The van der Waals surface area contributed by atoms with Crippen LogP contribution in [-0.4, -0.2) is 22.8 Å². The number of hydrogen-bond acceptors (Lipinski definition) is 5. The maximum atomic E-state index is 13.8. The fourth-order valence-corrected chi connectivity index (χ4v) is 1.95. The number of esters is 1.